The van der Waals surface area contributed by atoms with Crippen molar-refractivity contribution in [1.29, 1.82) is 0 Å². The summed E-state index contributed by atoms with van der Waals surface area (Å²) in [6.45, 7) is 0.436. The van der Waals surface area contributed by atoms with Gasteiger partial charge in [0.15, 0.2) is 5.82 Å². The molecule has 1 atom stereocenters. The van der Waals surface area contributed by atoms with Crippen LogP contribution in [0.4, 0.5) is 10.2 Å². The summed E-state index contributed by atoms with van der Waals surface area (Å²) in [5.41, 5.74) is 1.60. The molecule has 1 aliphatic rings. The molecular formula is C21H22FN3O3. The Morgan fingerprint density at radius 3 is 2.71 bits per heavy atom. The lowest BCUT2D eigenvalue weighted by molar-refractivity contribution is -0.138. The van der Waals surface area contributed by atoms with Crippen molar-refractivity contribution in [1.82, 2.24) is 9.78 Å². The highest BCUT2D eigenvalue weighted by Gasteiger charge is 2.30. The molecule has 0 amide bonds. The van der Waals surface area contributed by atoms with Crippen LogP contribution in [0.25, 0.3) is 10.9 Å². The average molecular weight is 383 g/mol. The van der Waals surface area contributed by atoms with Gasteiger partial charge < -0.3 is 15.2 Å². The Morgan fingerprint density at radius 2 is 2.07 bits per heavy atom. The highest BCUT2D eigenvalue weighted by atomic mass is 19.1. The molecule has 3 aromatic rings. The predicted octanol–water partition coefficient (Wildman–Crippen LogP) is 3.90. The van der Waals surface area contributed by atoms with Crippen molar-refractivity contribution in [2.45, 2.75) is 31.8 Å². The molecule has 2 N–H and O–H groups in total. The summed E-state index contributed by atoms with van der Waals surface area (Å²) in [5, 5.41) is 17.9. The van der Waals surface area contributed by atoms with Crippen LogP contribution in [0.1, 0.15) is 24.8 Å². The lowest BCUT2D eigenvalue weighted by Gasteiger charge is -2.13. The Hall–Kier alpha value is -3.09. The molecule has 1 unspecified atom stereocenters. The SMILES string of the molecule is COc1ccc(Cn2nc(NC(CC3CC3)C(=O)O)c3ccc(F)cc32)cc1. The maximum atomic E-state index is 13.9. The van der Waals surface area contributed by atoms with Gasteiger partial charge in [0.05, 0.1) is 19.2 Å². The highest BCUT2D eigenvalue weighted by Crippen LogP contribution is 2.35. The van der Waals surface area contributed by atoms with E-state index in [2.05, 4.69) is 10.4 Å². The maximum Gasteiger partial charge on any atom is 0.326 e. The topological polar surface area (TPSA) is 76.4 Å². The molecule has 1 saturated carbocycles. The Labute approximate surface area is 161 Å². The second-order valence-electron chi connectivity index (χ2n) is 7.23. The third kappa shape index (κ3) is 3.93. The number of nitrogens with zero attached hydrogens (tertiary/aromatic N) is 2. The van der Waals surface area contributed by atoms with Crippen LogP contribution in [-0.2, 0) is 11.3 Å². The van der Waals surface area contributed by atoms with Crippen molar-refractivity contribution in [3.8, 4) is 5.75 Å². The number of anilines is 1. The molecule has 1 aliphatic carbocycles. The van der Waals surface area contributed by atoms with Crippen molar-refractivity contribution >= 4 is 22.7 Å². The third-order valence-corrected chi connectivity index (χ3v) is 5.08. The zero-order valence-corrected chi connectivity index (χ0v) is 15.6. The van der Waals surface area contributed by atoms with Crippen molar-refractivity contribution in [3.05, 3.63) is 53.8 Å². The molecule has 0 radical (unpaired) electrons. The van der Waals surface area contributed by atoms with Gasteiger partial charge >= 0.3 is 5.97 Å². The Bertz CT molecular complexity index is 996. The number of carboxylic acid groups (broad SMARTS) is 1. The van der Waals surface area contributed by atoms with Gasteiger partial charge in [0.2, 0.25) is 0 Å². The van der Waals surface area contributed by atoms with Crippen LogP contribution in [0.5, 0.6) is 5.75 Å². The smallest absolute Gasteiger partial charge is 0.326 e. The lowest BCUT2D eigenvalue weighted by Crippen LogP contribution is -2.30. The number of aromatic nitrogens is 2. The van der Waals surface area contributed by atoms with E-state index >= 15 is 0 Å². The molecule has 28 heavy (non-hydrogen) atoms. The van der Waals surface area contributed by atoms with Gasteiger partial charge in [0.25, 0.3) is 0 Å². The third-order valence-electron chi connectivity index (χ3n) is 5.08. The Balaban J connectivity index is 1.65. The number of rotatable bonds is 8. The van der Waals surface area contributed by atoms with Gasteiger partial charge in [-0.2, -0.15) is 5.10 Å². The van der Waals surface area contributed by atoms with Crippen LogP contribution >= 0.6 is 0 Å². The number of benzene rings is 2. The standard InChI is InChI=1S/C21H22FN3O3/c1-28-16-7-4-14(5-8-16)12-25-19-11-15(22)6-9-17(19)20(24-25)23-18(21(26)27)10-13-2-3-13/h4-9,11,13,18H,2-3,10,12H2,1H3,(H,23,24)(H,26,27). The quantitative estimate of drug-likeness (QED) is 0.617. The van der Waals surface area contributed by atoms with E-state index in [0.717, 1.165) is 24.2 Å². The molecule has 1 fully saturated rings. The van der Waals surface area contributed by atoms with E-state index in [1.165, 1.54) is 12.1 Å². The number of ether oxygens (including phenoxy) is 1. The van der Waals surface area contributed by atoms with Gasteiger partial charge in [-0.25, -0.2) is 9.18 Å². The first-order chi connectivity index (χ1) is 13.5. The van der Waals surface area contributed by atoms with Crippen LogP contribution in [0.3, 0.4) is 0 Å². The zero-order chi connectivity index (χ0) is 19.7. The van der Waals surface area contributed by atoms with Crippen LogP contribution in [0.2, 0.25) is 0 Å². The molecule has 0 saturated heterocycles. The number of fused-ring (bicyclic) bond motifs is 1. The molecule has 6 nitrogen and oxygen atoms in total. The number of aliphatic carboxylic acids is 1. The van der Waals surface area contributed by atoms with Gasteiger partial charge in [-0.15, -0.1) is 0 Å². The van der Waals surface area contributed by atoms with Crippen molar-refractivity contribution < 1.29 is 19.0 Å². The number of halogens is 1. The summed E-state index contributed by atoms with van der Waals surface area (Å²) in [7, 11) is 1.61. The number of carboxylic acids is 1. The van der Waals surface area contributed by atoms with Gasteiger partial charge in [-0.1, -0.05) is 25.0 Å². The molecule has 7 heteroatoms. The van der Waals surface area contributed by atoms with Crippen molar-refractivity contribution in [3.63, 3.8) is 0 Å². The van der Waals surface area contributed by atoms with Gasteiger partial charge in [-0.3, -0.25) is 4.68 Å². The second-order valence-corrected chi connectivity index (χ2v) is 7.23. The van der Waals surface area contributed by atoms with E-state index < -0.39 is 12.0 Å². The Morgan fingerprint density at radius 1 is 1.32 bits per heavy atom. The summed E-state index contributed by atoms with van der Waals surface area (Å²) >= 11 is 0. The molecule has 0 bridgehead atoms. The summed E-state index contributed by atoms with van der Waals surface area (Å²) in [6, 6.07) is 11.3. The minimum atomic E-state index is -0.896. The molecule has 146 valence electrons. The van der Waals surface area contributed by atoms with Gasteiger partial charge in [-0.05, 0) is 48.2 Å². The number of methoxy groups -OCH3 is 1. The first kappa shape index (κ1) is 18.3. The molecule has 1 heterocycles. The fourth-order valence-electron chi connectivity index (χ4n) is 3.35. The molecule has 2 aromatic carbocycles. The normalized spacial score (nSPS) is 14.8. The minimum absolute atomic E-state index is 0.359. The summed E-state index contributed by atoms with van der Waals surface area (Å²) in [6.07, 6.45) is 2.72. The molecular weight excluding hydrogens is 361 g/mol. The molecule has 1 aromatic heterocycles. The molecule has 0 spiro atoms. The van der Waals surface area contributed by atoms with E-state index in [1.54, 1.807) is 17.9 Å². The fraction of sp³-hybridized carbons (Fsp3) is 0.333. The van der Waals surface area contributed by atoms with Crippen LogP contribution in [0.15, 0.2) is 42.5 Å². The lowest BCUT2D eigenvalue weighted by atomic mass is 10.1. The maximum absolute atomic E-state index is 13.9. The zero-order valence-electron chi connectivity index (χ0n) is 15.6. The fourth-order valence-corrected chi connectivity index (χ4v) is 3.35. The van der Waals surface area contributed by atoms with E-state index in [-0.39, 0.29) is 5.82 Å². The van der Waals surface area contributed by atoms with Crippen molar-refractivity contribution in [2.24, 2.45) is 5.92 Å². The van der Waals surface area contributed by atoms with E-state index in [4.69, 9.17) is 4.74 Å². The highest BCUT2D eigenvalue weighted by molar-refractivity contribution is 5.92. The van der Waals surface area contributed by atoms with Crippen LogP contribution in [-0.4, -0.2) is 34.0 Å². The predicted molar refractivity (Wildman–Crippen MR) is 104 cm³/mol. The van der Waals surface area contributed by atoms with E-state index in [0.29, 0.717) is 35.6 Å². The minimum Gasteiger partial charge on any atom is -0.497 e. The molecule has 0 aliphatic heterocycles. The Kier molecular flexibility index (Phi) is 4.90. The van der Waals surface area contributed by atoms with Gasteiger partial charge in [0, 0.05) is 5.39 Å². The summed E-state index contributed by atoms with van der Waals surface area (Å²) in [4.78, 5) is 11.6. The average Bonchev–Trinajstić information content (AvgIpc) is 3.45. The first-order valence-corrected chi connectivity index (χ1v) is 9.32. The van der Waals surface area contributed by atoms with Crippen LogP contribution in [0, 0.1) is 11.7 Å². The second kappa shape index (κ2) is 7.50. The number of hydrogen-bond donors (Lipinski definition) is 2. The molecule has 4 rings (SSSR count). The number of carbonyl (C=O) groups is 1. The largest absolute Gasteiger partial charge is 0.497 e. The number of nitrogens with one attached hydrogen (secondary N) is 1. The monoisotopic (exact) mass is 383 g/mol. The van der Waals surface area contributed by atoms with Crippen LogP contribution < -0.4 is 10.1 Å². The first-order valence-electron chi connectivity index (χ1n) is 9.32. The van der Waals surface area contributed by atoms with Crippen molar-refractivity contribution in [2.75, 3.05) is 12.4 Å². The summed E-state index contributed by atoms with van der Waals surface area (Å²) in [5.74, 6) is 0.427. The van der Waals surface area contributed by atoms with E-state index in [1.807, 2.05) is 24.3 Å². The number of hydrogen-bond acceptors (Lipinski definition) is 4. The van der Waals surface area contributed by atoms with E-state index in [9.17, 15) is 14.3 Å². The van der Waals surface area contributed by atoms with Gasteiger partial charge in [0.1, 0.15) is 17.6 Å². The summed E-state index contributed by atoms with van der Waals surface area (Å²) < 4.78 is 20.7.